The maximum absolute atomic E-state index is 11.8. The molecule has 4 nitrogen and oxygen atoms in total. The van der Waals surface area contributed by atoms with Gasteiger partial charge in [0.1, 0.15) is 0 Å². The van der Waals surface area contributed by atoms with Gasteiger partial charge in [-0.15, -0.1) is 0 Å². The van der Waals surface area contributed by atoms with Gasteiger partial charge in [-0.3, -0.25) is 9.48 Å². The highest BCUT2D eigenvalue weighted by Crippen LogP contribution is 2.15. The van der Waals surface area contributed by atoms with Crippen LogP contribution in [0.2, 0.25) is 5.02 Å². The molecule has 0 atom stereocenters. The van der Waals surface area contributed by atoms with Crippen LogP contribution in [-0.4, -0.2) is 22.2 Å². The molecule has 0 spiro atoms. The predicted octanol–water partition coefficient (Wildman–Crippen LogP) is 2.28. The first kappa shape index (κ1) is 14.6. The number of halogens is 1. The molecule has 1 aromatic carbocycles. The van der Waals surface area contributed by atoms with Crippen LogP contribution in [0.25, 0.3) is 0 Å². The molecule has 1 aromatic heterocycles. The molecule has 0 aliphatic rings. The largest absolute Gasteiger partial charge is 0.355 e. The Balaban J connectivity index is 1.80. The van der Waals surface area contributed by atoms with Gasteiger partial charge in [-0.1, -0.05) is 29.8 Å². The molecule has 1 N–H and O–H groups in total. The molecule has 5 heteroatoms. The lowest BCUT2D eigenvalue weighted by Gasteiger charge is -2.05. The second kappa shape index (κ2) is 6.57. The fourth-order valence-corrected chi connectivity index (χ4v) is 2.17. The van der Waals surface area contributed by atoms with Crippen molar-refractivity contribution in [2.45, 2.75) is 19.8 Å². The van der Waals surface area contributed by atoms with E-state index in [-0.39, 0.29) is 5.91 Å². The summed E-state index contributed by atoms with van der Waals surface area (Å²) < 4.78 is 1.83. The van der Waals surface area contributed by atoms with E-state index in [1.54, 1.807) is 6.07 Å². The van der Waals surface area contributed by atoms with Gasteiger partial charge in [0.2, 0.25) is 5.91 Å². The van der Waals surface area contributed by atoms with E-state index in [1.165, 1.54) is 0 Å². The monoisotopic (exact) mass is 291 g/mol. The smallest absolute Gasteiger partial charge is 0.224 e. The average Bonchev–Trinajstić information content (AvgIpc) is 2.71. The summed E-state index contributed by atoms with van der Waals surface area (Å²) in [7, 11) is 1.91. The van der Waals surface area contributed by atoms with E-state index < -0.39 is 0 Å². The average molecular weight is 292 g/mol. The molecule has 0 bridgehead atoms. The molecule has 2 rings (SSSR count). The van der Waals surface area contributed by atoms with Crippen LogP contribution < -0.4 is 5.32 Å². The molecule has 2 aromatic rings. The first-order valence-electron chi connectivity index (χ1n) is 6.56. The summed E-state index contributed by atoms with van der Waals surface area (Å²) in [6, 6.07) is 9.42. The molecule has 0 aliphatic heterocycles. The zero-order valence-corrected chi connectivity index (χ0v) is 12.4. The van der Waals surface area contributed by atoms with Crippen molar-refractivity contribution < 1.29 is 4.79 Å². The van der Waals surface area contributed by atoms with Gasteiger partial charge in [-0.2, -0.15) is 5.10 Å². The van der Waals surface area contributed by atoms with E-state index in [1.807, 2.05) is 42.9 Å². The maximum atomic E-state index is 11.8. The Morgan fingerprint density at radius 1 is 1.40 bits per heavy atom. The van der Waals surface area contributed by atoms with Crippen molar-refractivity contribution in [3.8, 4) is 0 Å². The Labute approximate surface area is 123 Å². The minimum Gasteiger partial charge on any atom is -0.355 e. The number of aromatic nitrogens is 2. The molecule has 0 saturated carbocycles. The van der Waals surface area contributed by atoms with Gasteiger partial charge in [0.05, 0.1) is 12.1 Å². The van der Waals surface area contributed by atoms with Crippen LogP contribution >= 0.6 is 11.6 Å². The molecule has 0 fully saturated rings. The number of nitrogens with zero attached hydrogens (tertiary/aromatic N) is 2. The molecular weight excluding hydrogens is 274 g/mol. The van der Waals surface area contributed by atoms with Gasteiger partial charge in [-0.05, 0) is 24.6 Å². The highest BCUT2D eigenvalue weighted by molar-refractivity contribution is 6.31. The van der Waals surface area contributed by atoms with E-state index in [0.717, 1.165) is 23.4 Å². The van der Waals surface area contributed by atoms with Gasteiger partial charge in [0.15, 0.2) is 0 Å². The Morgan fingerprint density at radius 3 is 2.80 bits per heavy atom. The van der Waals surface area contributed by atoms with Crippen LogP contribution in [0.1, 0.15) is 17.0 Å². The number of hydrogen-bond donors (Lipinski definition) is 1. The lowest BCUT2D eigenvalue weighted by molar-refractivity contribution is -0.120. The van der Waals surface area contributed by atoms with Crippen molar-refractivity contribution in [1.82, 2.24) is 15.1 Å². The van der Waals surface area contributed by atoms with Crippen molar-refractivity contribution in [3.05, 3.63) is 52.3 Å². The van der Waals surface area contributed by atoms with Gasteiger partial charge >= 0.3 is 0 Å². The lowest BCUT2D eigenvalue weighted by atomic mass is 10.1. The molecule has 1 heterocycles. The summed E-state index contributed by atoms with van der Waals surface area (Å²) in [6.45, 7) is 2.59. The minimum atomic E-state index is -0.0225. The van der Waals surface area contributed by atoms with Gasteiger partial charge < -0.3 is 5.32 Å². The minimum absolute atomic E-state index is 0.0225. The van der Waals surface area contributed by atoms with Crippen LogP contribution in [0, 0.1) is 6.92 Å². The van der Waals surface area contributed by atoms with Gasteiger partial charge in [0, 0.05) is 30.7 Å². The summed E-state index contributed by atoms with van der Waals surface area (Å²) in [5, 5.41) is 7.87. The summed E-state index contributed by atoms with van der Waals surface area (Å²) in [6.07, 6.45) is 1.04. The third kappa shape index (κ3) is 3.84. The molecule has 106 valence electrons. The Kier molecular flexibility index (Phi) is 4.79. The third-order valence-electron chi connectivity index (χ3n) is 3.18. The van der Waals surface area contributed by atoms with Gasteiger partial charge in [0.25, 0.3) is 0 Å². The lowest BCUT2D eigenvalue weighted by Crippen LogP contribution is -2.27. The van der Waals surface area contributed by atoms with Crippen LogP contribution in [0.4, 0.5) is 0 Å². The summed E-state index contributed by atoms with van der Waals surface area (Å²) >= 11 is 6.03. The molecule has 20 heavy (non-hydrogen) atoms. The van der Waals surface area contributed by atoms with Crippen LogP contribution in [0.3, 0.4) is 0 Å². The Hall–Kier alpha value is -1.81. The molecule has 0 aliphatic carbocycles. The molecule has 0 radical (unpaired) electrons. The highest BCUT2D eigenvalue weighted by atomic mass is 35.5. The number of carbonyl (C=O) groups is 1. The van der Waals surface area contributed by atoms with Gasteiger partial charge in [-0.25, -0.2) is 0 Å². The van der Waals surface area contributed by atoms with Crippen LogP contribution in [0.5, 0.6) is 0 Å². The number of nitrogens with one attached hydrogen (secondary N) is 1. The zero-order chi connectivity index (χ0) is 14.5. The van der Waals surface area contributed by atoms with Crippen molar-refractivity contribution in [2.24, 2.45) is 7.05 Å². The second-order valence-corrected chi connectivity index (χ2v) is 5.18. The Bertz CT molecular complexity index is 587. The predicted molar refractivity (Wildman–Crippen MR) is 79.8 cm³/mol. The quantitative estimate of drug-likeness (QED) is 0.919. The van der Waals surface area contributed by atoms with E-state index >= 15 is 0 Å². The number of hydrogen-bond acceptors (Lipinski definition) is 2. The zero-order valence-electron chi connectivity index (χ0n) is 11.7. The number of rotatable bonds is 5. The summed E-state index contributed by atoms with van der Waals surface area (Å²) in [4.78, 5) is 11.8. The first-order chi connectivity index (χ1) is 9.56. The second-order valence-electron chi connectivity index (χ2n) is 4.77. The normalized spacial score (nSPS) is 10.6. The highest BCUT2D eigenvalue weighted by Gasteiger charge is 2.07. The fraction of sp³-hybridized carbons (Fsp3) is 0.333. The van der Waals surface area contributed by atoms with E-state index in [4.69, 9.17) is 11.6 Å². The topological polar surface area (TPSA) is 46.9 Å². The summed E-state index contributed by atoms with van der Waals surface area (Å²) in [5.74, 6) is -0.0225. The number of aryl methyl sites for hydroxylation is 2. The first-order valence-corrected chi connectivity index (χ1v) is 6.93. The van der Waals surface area contributed by atoms with E-state index in [2.05, 4.69) is 10.4 Å². The van der Waals surface area contributed by atoms with Crippen molar-refractivity contribution in [3.63, 3.8) is 0 Å². The number of amides is 1. The Morgan fingerprint density at radius 2 is 2.15 bits per heavy atom. The standard InChI is InChI=1S/C15H18ClN3O/c1-11-9-13(18-19(11)2)7-8-17-15(20)10-12-5-3-4-6-14(12)16/h3-6,9H,7-8,10H2,1-2H3,(H,17,20). The summed E-state index contributed by atoms with van der Waals surface area (Å²) in [5.41, 5.74) is 2.95. The van der Waals surface area contributed by atoms with Crippen molar-refractivity contribution in [2.75, 3.05) is 6.54 Å². The molecule has 0 unspecified atom stereocenters. The fourth-order valence-electron chi connectivity index (χ4n) is 1.96. The SMILES string of the molecule is Cc1cc(CCNC(=O)Cc2ccccc2Cl)nn1C. The number of carbonyl (C=O) groups excluding carboxylic acids is 1. The number of benzene rings is 1. The maximum Gasteiger partial charge on any atom is 0.224 e. The molecule has 0 saturated heterocycles. The third-order valence-corrected chi connectivity index (χ3v) is 3.55. The van der Waals surface area contributed by atoms with Crippen LogP contribution in [0.15, 0.2) is 30.3 Å². The molecular formula is C15H18ClN3O. The van der Waals surface area contributed by atoms with E-state index in [0.29, 0.717) is 18.0 Å². The molecule has 1 amide bonds. The van der Waals surface area contributed by atoms with Crippen molar-refractivity contribution >= 4 is 17.5 Å². The van der Waals surface area contributed by atoms with E-state index in [9.17, 15) is 4.79 Å². The van der Waals surface area contributed by atoms with Crippen LogP contribution in [-0.2, 0) is 24.7 Å². The van der Waals surface area contributed by atoms with Crippen molar-refractivity contribution in [1.29, 1.82) is 0 Å².